The van der Waals surface area contributed by atoms with E-state index in [1.165, 1.54) is 0 Å². The summed E-state index contributed by atoms with van der Waals surface area (Å²) in [5.74, 6) is 7.53. The number of rotatable bonds is 5. The maximum atomic E-state index is 6.86. The molecule has 0 saturated heterocycles. The zero-order chi connectivity index (χ0) is 19.3. The highest BCUT2D eigenvalue weighted by Crippen LogP contribution is 2.43. The van der Waals surface area contributed by atoms with Crippen LogP contribution in [0.5, 0.6) is 5.75 Å². The number of benzene rings is 2. The van der Waals surface area contributed by atoms with Crippen LogP contribution in [0.2, 0.25) is 16.6 Å². The first-order chi connectivity index (χ1) is 12.3. The first kappa shape index (κ1) is 20.8. The molecule has 0 aliphatic rings. The zero-order valence-electron chi connectivity index (χ0n) is 16.6. The van der Waals surface area contributed by atoms with Crippen LogP contribution in [-0.2, 0) is 0 Å². The summed E-state index contributed by atoms with van der Waals surface area (Å²) in [6, 6.07) is 16.2. The van der Waals surface area contributed by atoms with Crippen LogP contribution < -0.4 is 4.43 Å². The molecule has 0 spiro atoms. The maximum Gasteiger partial charge on any atom is 0.258 e. The molecule has 0 bridgehead atoms. The lowest BCUT2D eigenvalue weighted by Crippen LogP contribution is -2.50. The molecule has 0 atom stereocenters. The largest absolute Gasteiger partial charge is 0.542 e. The minimum Gasteiger partial charge on any atom is -0.542 e. The van der Waals surface area contributed by atoms with Crippen LogP contribution in [-0.4, -0.2) is 8.32 Å². The van der Waals surface area contributed by atoms with Crippen molar-refractivity contribution in [2.75, 3.05) is 0 Å². The molecule has 2 aromatic rings. The molecular weight excluding hydrogens is 400 g/mol. The third-order valence-electron chi connectivity index (χ3n) is 5.09. The lowest BCUT2D eigenvalue weighted by atomic mass is 10.1. The summed E-state index contributed by atoms with van der Waals surface area (Å²) in [7, 11) is -2.00. The lowest BCUT2D eigenvalue weighted by Gasteiger charge is -2.42. The first-order valence-corrected chi connectivity index (χ1v) is 12.3. The Morgan fingerprint density at radius 3 is 1.73 bits per heavy atom. The molecule has 0 aromatic heterocycles. The van der Waals surface area contributed by atoms with Crippen molar-refractivity contribution in [3.8, 4) is 17.6 Å². The van der Waals surface area contributed by atoms with Crippen molar-refractivity contribution in [1.82, 2.24) is 0 Å². The summed E-state index contributed by atoms with van der Waals surface area (Å²) in [5, 5.41) is 0. The van der Waals surface area contributed by atoms with Crippen molar-refractivity contribution in [3.63, 3.8) is 0 Å². The van der Waals surface area contributed by atoms with Gasteiger partial charge in [0.1, 0.15) is 5.75 Å². The smallest absolute Gasteiger partial charge is 0.258 e. The van der Waals surface area contributed by atoms with E-state index in [0.29, 0.717) is 16.6 Å². The van der Waals surface area contributed by atoms with E-state index in [9.17, 15) is 0 Å². The summed E-state index contributed by atoms with van der Waals surface area (Å²) in [6.45, 7) is 13.8. The average molecular weight is 429 g/mol. The van der Waals surface area contributed by atoms with E-state index < -0.39 is 8.32 Å². The highest BCUT2D eigenvalue weighted by atomic mass is 79.9. The molecule has 138 valence electrons. The molecule has 1 nitrogen and oxygen atoms in total. The van der Waals surface area contributed by atoms with Gasteiger partial charge in [0.05, 0.1) is 5.56 Å². The highest BCUT2D eigenvalue weighted by molar-refractivity contribution is 9.10. The Labute approximate surface area is 168 Å². The molecule has 0 radical (unpaired) electrons. The summed E-state index contributed by atoms with van der Waals surface area (Å²) in [5.41, 5.74) is 3.55. The van der Waals surface area contributed by atoms with Crippen molar-refractivity contribution >= 4 is 24.2 Å². The van der Waals surface area contributed by atoms with Gasteiger partial charge in [-0.15, -0.1) is 0 Å². The highest BCUT2D eigenvalue weighted by Gasteiger charge is 2.47. The second-order valence-corrected chi connectivity index (χ2v) is 13.9. The zero-order valence-corrected chi connectivity index (χ0v) is 19.2. The van der Waals surface area contributed by atoms with Crippen molar-refractivity contribution in [1.29, 1.82) is 0 Å². The van der Waals surface area contributed by atoms with Crippen molar-refractivity contribution in [2.45, 2.75) is 58.2 Å². The first-order valence-electron chi connectivity index (χ1n) is 9.33. The van der Waals surface area contributed by atoms with Crippen molar-refractivity contribution in [3.05, 3.63) is 64.1 Å². The molecule has 0 aliphatic heterocycles. The van der Waals surface area contributed by atoms with Gasteiger partial charge in [-0.25, -0.2) is 0 Å². The fourth-order valence-corrected chi connectivity index (χ4v) is 9.55. The molecule has 26 heavy (non-hydrogen) atoms. The van der Waals surface area contributed by atoms with E-state index in [-0.39, 0.29) is 0 Å². The van der Waals surface area contributed by atoms with Gasteiger partial charge in [-0.2, -0.15) is 0 Å². The summed E-state index contributed by atoms with van der Waals surface area (Å²) in [6.07, 6.45) is 0. The van der Waals surface area contributed by atoms with E-state index in [1.807, 2.05) is 36.4 Å². The Balaban J connectivity index is 2.45. The van der Waals surface area contributed by atoms with Crippen LogP contribution in [0.15, 0.2) is 53.0 Å². The summed E-state index contributed by atoms with van der Waals surface area (Å²) >= 11 is 3.57. The quantitative estimate of drug-likeness (QED) is 0.355. The van der Waals surface area contributed by atoms with E-state index in [1.54, 1.807) is 0 Å². The fourth-order valence-electron chi connectivity index (χ4n) is 3.90. The second-order valence-electron chi connectivity index (χ2n) is 7.65. The number of hydrogen-bond donors (Lipinski definition) is 0. The van der Waals surface area contributed by atoms with Gasteiger partial charge < -0.3 is 4.43 Å². The molecule has 0 heterocycles. The molecule has 0 fully saturated rings. The fraction of sp³-hybridized carbons (Fsp3) is 0.391. The Morgan fingerprint density at radius 1 is 0.731 bits per heavy atom. The predicted molar refractivity (Wildman–Crippen MR) is 118 cm³/mol. The Morgan fingerprint density at radius 2 is 1.19 bits per heavy atom. The standard InChI is InChI=1S/C23H29BrOSi/c1-17(2)26(18(3)4,19(5)6)25-23-14-10-8-12-21(23)16-15-20-11-7-9-13-22(20)24/h7-14,17-19H,1-6H3. The Bertz CT molecular complexity index is 777. The van der Waals surface area contributed by atoms with Gasteiger partial charge in [0.25, 0.3) is 8.32 Å². The molecule has 0 amide bonds. The van der Waals surface area contributed by atoms with Crippen molar-refractivity contribution in [2.24, 2.45) is 0 Å². The molecule has 2 rings (SSSR count). The van der Waals surface area contributed by atoms with E-state index in [4.69, 9.17) is 4.43 Å². The molecule has 0 saturated carbocycles. The second kappa shape index (κ2) is 8.93. The lowest BCUT2D eigenvalue weighted by molar-refractivity contribution is 0.478. The molecule has 3 heteroatoms. The number of hydrogen-bond acceptors (Lipinski definition) is 1. The van der Waals surface area contributed by atoms with Gasteiger partial charge in [0.15, 0.2) is 0 Å². The van der Waals surface area contributed by atoms with Crippen LogP contribution in [0.4, 0.5) is 0 Å². The van der Waals surface area contributed by atoms with Crippen LogP contribution in [0.3, 0.4) is 0 Å². The van der Waals surface area contributed by atoms with Crippen LogP contribution >= 0.6 is 15.9 Å². The van der Waals surface area contributed by atoms with E-state index >= 15 is 0 Å². The summed E-state index contributed by atoms with van der Waals surface area (Å²) < 4.78 is 7.88. The van der Waals surface area contributed by atoms with Gasteiger partial charge in [0, 0.05) is 10.0 Å². The molecule has 0 N–H and O–H groups in total. The summed E-state index contributed by atoms with van der Waals surface area (Å²) in [4.78, 5) is 0. The normalized spacial score (nSPS) is 11.6. The Hall–Kier alpha value is -1.50. The van der Waals surface area contributed by atoms with Crippen LogP contribution in [0.1, 0.15) is 52.7 Å². The van der Waals surface area contributed by atoms with Crippen molar-refractivity contribution < 1.29 is 4.43 Å². The molecule has 2 aromatic carbocycles. The van der Waals surface area contributed by atoms with Gasteiger partial charge in [-0.1, -0.05) is 77.6 Å². The third-order valence-corrected chi connectivity index (χ3v) is 11.8. The SMILES string of the molecule is CC(C)[Si](Oc1ccccc1C#Cc1ccccc1Br)(C(C)C)C(C)C. The molecular formula is C23H29BrOSi. The van der Waals surface area contributed by atoms with E-state index in [2.05, 4.69) is 81.4 Å². The minimum absolute atomic E-state index is 0.534. The third kappa shape index (κ3) is 4.42. The minimum atomic E-state index is -2.00. The Kier molecular flexibility index (Phi) is 7.14. The maximum absolute atomic E-state index is 6.86. The van der Waals surface area contributed by atoms with E-state index in [0.717, 1.165) is 21.3 Å². The number of halogens is 1. The molecule has 0 aliphatic carbocycles. The number of para-hydroxylation sites is 1. The van der Waals surface area contributed by atoms with Crippen LogP contribution in [0, 0.1) is 11.8 Å². The van der Waals surface area contributed by atoms with Gasteiger partial charge in [-0.05, 0) is 56.8 Å². The predicted octanol–water partition coefficient (Wildman–Crippen LogP) is 7.40. The average Bonchev–Trinajstić information content (AvgIpc) is 2.58. The van der Waals surface area contributed by atoms with Gasteiger partial charge >= 0.3 is 0 Å². The molecule has 0 unspecified atom stereocenters. The topological polar surface area (TPSA) is 9.23 Å². The van der Waals surface area contributed by atoms with Gasteiger partial charge in [0.2, 0.25) is 0 Å². The van der Waals surface area contributed by atoms with Crippen LogP contribution in [0.25, 0.3) is 0 Å². The van der Waals surface area contributed by atoms with Gasteiger partial charge in [-0.3, -0.25) is 0 Å². The monoisotopic (exact) mass is 428 g/mol.